The number of fused-ring (bicyclic) bond motifs is 1. The zero-order valence-corrected chi connectivity index (χ0v) is 17.3. The van der Waals surface area contributed by atoms with E-state index in [1.807, 2.05) is 6.07 Å². The maximum absolute atomic E-state index is 5.32. The largest absolute Gasteiger partial charge is 0.497 e. The zero-order valence-electron chi connectivity index (χ0n) is 17.3. The van der Waals surface area contributed by atoms with Gasteiger partial charge in [0, 0.05) is 0 Å². The van der Waals surface area contributed by atoms with Crippen molar-refractivity contribution in [1.82, 2.24) is 0 Å². The van der Waals surface area contributed by atoms with Gasteiger partial charge < -0.3 is 4.74 Å². The van der Waals surface area contributed by atoms with Crippen LogP contribution in [0.2, 0.25) is 0 Å². The number of aryl methyl sites for hydroxylation is 2. The number of rotatable bonds is 6. The summed E-state index contributed by atoms with van der Waals surface area (Å²) < 4.78 is 5.32. The van der Waals surface area contributed by atoms with Crippen LogP contribution in [0.25, 0.3) is 10.8 Å². The molecule has 146 valence electrons. The van der Waals surface area contributed by atoms with Crippen LogP contribution in [0.15, 0.2) is 60.7 Å². The molecule has 1 saturated carbocycles. The second-order valence-corrected chi connectivity index (χ2v) is 8.41. The lowest BCUT2D eigenvalue weighted by molar-refractivity contribution is 0.319. The third-order valence-corrected chi connectivity index (χ3v) is 6.69. The Morgan fingerprint density at radius 2 is 1.39 bits per heavy atom. The molecule has 0 spiro atoms. The highest BCUT2D eigenvalue weighted by Gasteiger charge is 2.21. The Morgan fingerprint density at radius 3 is 2.11 bits per heavy atom. The van der Waals surface area contributed by atoms with Gasteiger partial charge in [-0.15, -0.1) is 0 Å². The van der Waals surface area contributed by atoms with Crippen LogP contribution in [0, 0.1) is 5.92 Å². The van der Waals surface area contributed by atoms with Crippen molar-refractivity contribution in [2.75, 3.05) is 7.11 Å². The van der Waals surface area contributed by atoms with Crippen molar-refractivity contribution in [1.29, 1.82) is 0 Å². The van der Waals surface area contributed by atoms with Gasteiger partial charge in [0.2, 0.25) is 0 Å². The third kappa shape index (κ3) is 4.41. The van der Waals surface area contributed by atoms with E-state index in [1.165, 1.54) is 54.0 Å². The number of benzene rings is 3. The quantitative estimate of drug-likeness (QED) is 0.440. The summed E-state index contributed by atoms with van der Waals surface area (Å²) in [4.78, 5) is 0. The van der Waals surface area contributed by atoms with Gasteiger partial charge in [0.1, 0.15) is 5.75 Å². The van der Waals surface area contributed by atoms with Crippen molar-refractivity contribution < 1.29 is 4.74 Å². The van der Waals surface area contributed by atoms with E-state index in [1.54, 1.807) is 12.7 Å². The van der Waals surface area contributed by atoms with Gasteiger partial charge in [0.05, 0.1) is 7.11 Å². The number of ether oxygens (including phenoxy) is 1. The van der Waals surface area contributed by atoms with Crippen molar-refractivity contribution in [3.8, 4) is 5.75 Å². The average molecular weight is 373 g/mol. The molecule has 1 aliphatic rings. The molecule has 0 atom stereocenters. The van der Waals surface area contributed by atoms with Gasteiger partial charge in [-0.25, -0.2) is 0 Å². The van der Waals surface area contributed by atoms with Crippen LogP contribution in [0.4, 0.5) is 0 Å². The fraction of sp³-hybridized carbons (Fsp3) is 0.407. The molecule has 1 nitrogen and oxygen atoms in total. The first-order valence-corrected chi connectivity index (χ1v) is 10.9. The van der Waals surface area contributed by atoms with Gasteiger partial charge in [-0.3, -0.25) is 0 Å². The van der Waals surface area contributed by atoms with Crippen molar-refractivity contribution in [3.05, 3.63) is 77.4 Å². The maximum atomic E-state index is 5.32. The predicted molar refractivity (Wildman–Crippen MR) is 119 cm³/mol. The van der Waals surface area contributed by atoms with Gasteiger partial charge in [-0.2, -0.15) is 0 Å². The SMILES string of the molecule is CCC1CCC(c2ccc(CCc3ccc4cc(OC)ccc4c3)cc2)CC1. The smallest absolute Gasteiger partial charge is 0.119 e. The molecular formula is C27H32O. The Kier molecular flexibility index (Phi) is 6.00. The Labute approximate surface area is 169 Å². The van der Waals surface area contributed by atoms with Crippen LogP contribution in [0.3, 0.4) is 0 Å². The number of hydrogen-bond donors (Lipinski definition) is 0. The Balaban J connectivity index is 1.36. The maximum Gasteiger partial charge on any atom is 0.119 e. The minimum Gasteiger partial charge on any atom is -0.497 e. The second-order valence-electron chi connectivity index (χ2n) is 8.41. The molecule has 1 heteroatoms. The van der Waals surface area contributed by atoms with E-state index in [4.69, 9.17) is 4.74 Å². The van der Waals surface area contributed by atoms with Crippen LogP contribution < -0.4 is 4.74 Å². The average Bonchev–Trinajstić information content (AvgIpc) is 2.77. The molecule has 0 N–H and O–H groups in total. The summed E-state index contributed by atoms with van der Waals surface area (Å²) in [6.07, 6.45) is 9.12. The molecule has 3 aromatic carbocycles. The van der Waals surface area contributed by atoms with Crippen LogP contribution in [-0.4, -0.2) is 7.11 Å². The first kappa shape index (κ1) is 19.1. The summed E-state index contributed by atoms with van der Waals surface area (Å²) in [6, 6.07) is 22.6. The molecule has 0 unspecified atom stereocenters. The normalized spacial score (nSPS) is 19.6. The van der Waals surface area contributed by atoms with E-state index in [0.717, 1.165) is 30.4 Å². The minimum atomic E-state index is 0.786. The van der Waals surface area contributed by atoms with E-state index >= 15 is 0 Å². The molecule has 0 amide bonds. The summed E-state index contributed by atoms with van der Waals surface area (Å²) in [5.74, 6) is 2.68. The molecule has 28 heavy (non-hydrogen) atoms. The molecule has 3 aromatic rings. The molecule has 1 fully saturated rings. The lowest BCUT2D eigenvalue weighted by Gasteiger charge is -2.28. The van der Waals surface area contributed by atoms with Gasteiger partial charge in [-0.1, -0.05) is 61.9 Å². The van der Waals surface area contributed by atoms with Gasteiger partial charge in [-0.05, 0) is 90.0 Å². The van der Waals surface area contributed by atoms with E-state index in [-0.39, 0.29) is 0 Å². The molecule has 0 radical (unpaired) electrons. The van der Waals surface area contributed by atoms with Gasteiger partial charge in [0.15, 0.2) is 0 Å². The van der Waals surface area contributed by atoms with E-state index in [2.05, 4.69) is 61.5 Å². The fourth-order valence-electron chi connectivity index (χ4n) is 4.70. The number of hydrogen-bond acceptors (Lipinski definition) is 1. The summed E-state index contributed by atoms with van der Waals surface area (Å²) in [7, 11) is 1.72. The minimum absolute atomic E-state index is 0.786. The second kappa shape index (κ2) is 8.82. The lowest BCUT2D eigenvalue weighted by atomic mass is 9.78. The Bertz CT molecular complexity index is 901. The molecule has 0 heterocycles. The van der Waals surface area contributed by atoms with Crippen molar-refractivity contribution >= 4 is 10.8 Å². The van der Waals surface area contributed by atoms with Gasteiger partial charge >= 0.3 is 0 Å². The molecule has 0 saturated heterocycles. The standard InChI is InChI=1S/C27H32O/c1-3-20-6-11-23(12-7-20)24-13-8-21(9-14-24)4-5-22-10-15-26-19-27(28-2)17-16-25(26)18-22/h8-10,13-20,23H,3-7,11-12H2,1-2H3. The van der Waals surface area contributed by atoms with E-state index < -0.39 is 0 Å². The molecular weight excluding hydrogens is 340 g/mol. The van der Waals surface area contributed by atoms with Crippen LogP contribution in [0.5, 0.6) is 5.75 Å². The highest BCUT2D eigenvalue weighted by Crippen LogP contribution is 2.37. The first-order chi connectivity index (χ1) is 13.7. The monoisotopic (exact) mass is 372 g/mol. The first-order valence-electron chi connectivity index (χ1n) is 10.9. The Morgan fingerprint density at radius 1 is 0.750 bits per heavy atom. The fourth-order valence-corrected chi connectivity index (χ4v) is 4.70. The molecule has 0 aromatic heterocycles. The van der Waals surface area contributed by atoms with Crippen LogP contribution in [0.1, 0.15) is 61.6 Å². The van der Waals surface area contributed by atoms with E-state index in [0.29, 0.717) is 0 Å². The highest BCUT2D eigenvalue weighted by atomic mass is 16.5. The third-order valence-electron chi connectivity index (χ3n) is 6.69. The lowest BCUT2D eigenvalue weighted by Crippen LogP contribution is -2.12. The molecule has 0 aliphatic heterocycles. The summed E-state index contributed by atoms with van der Waals surface area (Å²) in [5.41, 5.74) is 4.40. The molecule has 0 bridgehead atoms. The predicted octanol–water partition coefficient (Wildman–Crippen LogP) is 7.32. The van der Waals surface area contributed by atoms with Crippen LogP contribution >= 0.6 is 0 Å². The van der Waals surface area contributed by atoms with Crippen molar-refractivity contribution in [2.45, 2.75) is 57.8 Å². The van der Waals surface area contributed by atoms with Crippen LogP contribution in [-0.2, 0) is 12.8 Å². The Hall–Kier alpha value is -2.28. The molecule has 4 rings (SSSR count). The summed E-state index contributed by atoms with van der Waals surface area (Å²) in [6.45, 7) is 2.34. The van der Waals surface area contributed by atoms with E-state index in [9.17, 15) is 0 Å². The van der Waals surface area contributed by atoms with Gasteiger partial charge in [0.25, 0.3) is 0 Å². The topological polar surface area (TPSA) is 9.23 Å². The van der Waals surface area contributed by atoms with Crippen molar-refractivity contribution in [3.63, 3.8) is 0 Å². The summed E-state index contributed by atoms with van der Waals surface area (Å²) in [5, 5.41) is 2.53. The van der Waals surface area contributed by atoms with Crippen molar-refractivity contribution in [2.24, 2.45) is 5.92 Å². The number of methoxy groups -OCH3 is 1. The summed E-state index contributed by atoms with van der Waals surface area (Å²) >= 11 is 0. The highest BCUT2D eigenvalue weighted by molar-refractivity contribution is 5.84. The molecule has 1 aliphatic carbocycles. The zero-order chi connectivity index (χ0) is 19.3.